The fourth-order valence-corrected chi connectivity index (χ4v) is 2.04. The number of rotatable bonds is 2. The van der Waals surface area contributed by atoms with Crippen molar-refractivity contribution in [2.24, 2.45) is 0 Å². The average Bonchev–Trinajstić information content (AvgIpc) is 2.27. The normalized spacial score (nSPS) is 13.0. The first kappa shape index (κ1) is 9.49. The van der Waals surface area contributed by atoms with Gasteiger partial charge in [-0.25, -0.2) is 4.98 Å². The molecule has 2 aromatic rings. The third-order valence-electron chi connectivity index (χ3n) is 2.07. The van der Waals surface area contributed by atoms with Gasteiger partial charge in [0.15, 0.2) is 0 Å². The van der Waals surface area contributed by atoms with E-state index in [9.17, 15) is 4.55 Å². The van der Waals surface area contributed by atoms with Crippen LogP contribution >= 0.6 is 0 Å². The Morgan fingerprint density at radius 1 is 1.21 bits per heavy atom. The lowest BCUT2D eigenvalue weighted by molar-refractivity contribution is 0.593. The Labute approximate surface area is 86.2 Å². The minimum absolute atomic E-state index is 0.616. The van der Waals surface area contributed by atoms with E-state index in [-0.39, 0.29) is 0 Å². The van der Waals surface area contributed by atoms with Gasteiger partial charge in [-0.05, 0) is 19.1 Å². The molecule has 0 bridgehead atoms. The van der Waals surface area contributed by atoms with Crippen LogP contribution < -0.4 is 0 Å². The second-order valence-corrected chi connectivity index (χ2v) is 4.66. The van der Waals surface area contributed by atoms with Crippen LogP contribution in [0.1, 0.15) is 6.92 Å². The summed E-state index contributed by atoms with van der Waals surface area (Å²) in [7, 11) is 0. The van der Waals surface area contributed by atoms with E-state index in [4.69, 9.17) is 0 Å². The van der Waals surface area contributed by atoms with Crippen LogP contribution in [0.2, 0.25) is 0 Å². The van der Waals surface area contributed by atoms with Crippen molar-refractivity contribution >= 4 is 22.1 Å². The van der Waals surface area contributed by atoms with E-state index >= 15 is 0 Å². The predicted molar refractivity (Wildman–Crippen MR) is 58.7 cm³/mol. The van der Waals surface area contributed by atoms with Gasteiger partial charge in [0.2, 0.25) is 5.03 Å². The molecule has 0 spiro atoms. The second-order valence-electron chi connectivity index (χ2n) is 2.98. The van der Waals surface area contributed by atoms with E-state index in [0.717, 1.165) is 10.9 Å². The number of hydrogen-bond acceptors (Lipinski definition) is 2. The quantitative estimate of drug-likeness (QED) is 0.706. The Kier molecular flexibility index (Phi) is 2.70. The zero-order chi connectivity index (χ0) is 9.97. The Balaban J connectivity index is 2.51. The summed E-state index contributed by atoms with van der Waals surface area (Å²) in [6, 6.07) is 11.6. The zero-order valence-corrected chi connectivity index (χ0v) is 8.75. The first-order chi connectivity index (χ1) is 6.81. The van der Waals surface area contributed by atoms with Gasteiger partial charge in [0.05, 0.1) is 5.52 Å². The van der Waals surface area contributed by atoms with Crippen molar-refractivity contribution in [1.82, 2.24) is 4.98 Å². The molecule has 1 atom stereocenters. The van der Waals surface area contributed by atoms with Crippen molar-refractivity contribution < 1.29 is 4.55 Å². The standard InChI is InChI=1S/C11H11NOS/c1-2-14(13)11-8-7-9-5-3-4-6-10(9)12-11/h3-8H,2H2,1H3. The largest absolute Gasteiger partial charge is 0.610 e. The first-order valence-electron chi connectivity index (χ1n) is 4.55. The number of pyridine rings is 1. The molecule has 1 aromatic heterocycles. The minimum Gasteiger partial charge on any atom is -0.610 e. The topological polar surface area (TPSA) is 36.0 Å². The van der Waals surface area contributed by atoms with Gasteiger partial charge in [-0.2, -0.15) is 0 Å². The highest BCUT2D eigenvalue weighted by Crippen LogP contribution is 2.15. The molecule has 3 heteroatoms. The summed E-state index contributed by atoms with van der Waals surface area (Å²) < 4.78 is 11.5. The predicted octanol–water partition coefficient (Wildman–Crippen LogP) is 2.36. The summed E-state index contributed by atoms with van der Waals surface area (Å²) in [6.07, 6.45) is 0. The maximum Gasteiger partial charge on any atom is 0.245 e. The second kappa shape index (κ2) is 3.98. The number of hydrogen-bond donors (Lipinski definition) is 0. The number of aromatic nitrogens is 1. The molecule has 0 saturated heterocycles. The van der Waals surface area contributed by atoms with Crippen LogP contribution in [0.4, 0.5) is 0 Å². The molecule has 1 aromatic carbocycles. The van der Waals surface area contributed by atoms with Crippen LogP contribution in [-0.4, -0.2) is 15.3 Å². The van der Waals surface area contributed by atoms with Crippen molar-refractivity contribution in [3.8, 4) is 0 Å². The monoisotopic (exact) mass is 205 g/mol. The number of nitrogens with zero attached hydrogens (tertiary/aromatic N) is 1. The van der Waals surface area contributed by atoms with Crippen LogP contribution in [0, 0.1) is 0 Å². The van der Waals surface area contributed by atoms with E-state index in [1.54, 1.807) is 0 Å². The molecule has 0 aliphatic heterocycles. The zero-order valence-electron chi connectivity index (χ0n) is 7.93. The van der Waals surface area contributed by atoms with Gasteiger partial charge in [-0.3, -0.25) is 0 Å². The maximum atomic E-state index is 11.5. The van der Waals surface area contributed by atoms with Crippen LogP contribution in [0.3, 0.4) is 0 Å². The molecular weight excluding hydrogens is 194 g/mol. The van der Waals surface area contributed by atoms with Crippen LogP contribution in [0.25, 0.3) is 10.9 Å². The van der Waals surface area contributed by atoms with Crippen molar-refractivity contribution in [3.63, 3.8) is 0 Å². The maximum absolute atomic E-state index is 11.5. The number of benzene rings is 1. The van der Waals surface area contributed by atoms with Gasteiger partial charge in [0, 0.05) is 22.6 Å². The van der Waals surface area contributed by atoms with E-state index in [1.807, 2.05) is 43.3 Å². The van der Waals surface area contributed by atoms with E-state index < -0.39 is 11.2 Å². The molecule has 14 heavy (non-hydrogen) atoms. The fraction of sp³-hybridized carbons (Fsp3) is 0.182. The van der Waals surface area contributed by atoms with Crippen molar-refractivity contribution in [2.75, 3.05) is 5.75 Å². The SMILES string of the molecule is CC[S+]([O-])c1ccc2ccccc2n1. The molecular formula is C11H11NOS. The van der Waals surface area contributed by atoms with Crippen molar-refractivity contribution in [1.29, 1.82) is 0 Å². The Hall–Kier alpha value is -1.06. The molecule has 0 aliphatic carbocycles. The molecule has 0 radical (unpaired) electrons. The molecule has 0 N–H and O–H groups in total. The lowest BCUT2D eigenvalue weighted by Crippen LogP contribution is -2.05. The molecule has 2 nitrogen and oxygen atoms in total. The Morgan fingerprint density at radius 3 is 2.79 bits per heavy atom. The van der Waals surface area contributed by atoms with Gasteiger partial charge in [-0.1, -0.05) is 18.2 Å². The van der Waals surface area contributed by atoms with Gasteiger partial charge in [0.25, 0.3) is 0 Å². The Morgan fingerprint density at radius 2 is 2.00 bits per heavy atom. The lowest BCUT2D eigenvalue weighted by atomic mass is 10.2. The third kappa shape index (κ3) is 1.74. The van der Waals surface area contributed by atoms with E-state index in [1.165, 1.54) is 0 Å². The summed E-state index contributed by atoms with van der Waals surface area (Å²) in [5.74, 6) is 0.616. The highest BCUT2D eigenvalue weighted by atomic mass is 32.2. The van der Waals surface area contributed by atoms with Crippen LogP contribution in [0.5, 0.6) is 0 Å². The fourth-order valence-electron chi connectivity index (χ4n) is 1.32. The van der Waals surface area contributed by atoms with Gasteiger partial charge in [-0.15, -0.1) is 0 Å². The van der Waals surface area contributed by atoms with E-state index in [0.29, 0.717) is 10.8 Å². The van der Waals surface area contributed by atoms with Crippen LogP contribution in [-0.2, 0) is 11.2 Å². The van der Waals surface area contributed by atoms with Crippen LogP contribution in [0.15, 0.2) is 41.4 Å². The molecule has 0 amide bonds. The minimum atomic E-state index is -0.958. The Bertz CT molecular complexity index is 444. The summed E-state index contributed by atoms with van der Waals surface area (Å²) in [5.41, 5.74) is 0.909. The van der Waals surface area contributed by atoms with Crippen molar-refractivity contribution in [3.05, 3.63) is 36.4 Å². The number of para-hydroxylation sites is 1. The molecule has 0 fully saturated rings. The summed E-state index contributed by atoms with van der Waals surface area (Å²) >= 11 is -0.958. The van der Waals surface area contributed by atoms with Gasteiger partial charge in [0.1, 0.15) is 5.75 Å². The molecule has 0 saturated carbocycles. The number of fused-ring (bicyclic) bond motifs is 1. The highest BCUT2D eigenvalue weighted by molar-refractivity contribution is 7.91. The van der Waals surface area contributed by atoms with E-state index in [2.05, 4.69) is 4.98 Å². The summed E-state index contributed by atoms with van der Waals surface area (Å²) in [4.78, 5) is 4.35. The molecule has 0 aliphatic rings. The first-order valence-corrected chi connectivity index (χ1v) is 5.87. The van der Waals surface area contributed by atoms with Gasteiger partial charge < -0.3 is 4.55 Å². The smallest absolute Gasteiger partial charge is 0.245 e. The van der Waals surface area contributed by atoms with Crippen molar-refractivity contribution in [2.45, 2.75) is 11.9 Å². The molecule has 1 unspecified atom stereocenters. The average molecular weight is 205 g/mol. The molecule has 1 heterocycles. The summed E-state index contributed by atoms with van der Waals surface area (Å²) in [5, 5.41) is 1.76. The highest BCUT2D eigenvalue weighted by Gasteiger charge is 2.09. The molecule has 2 rings (SSSR count). The van der Waals surface area contributed by atoms with Gasteiger partial charge >= 0.3 is 0 Å². The summed E-state index contributed by atoms with van der Waals surface area (Å²) in [6.45, 7) is 1.90. The molecule has 72 valence electrons. The lowest BCUT2D eigenvalue weighted by Gasteiger charge is -2.06. The third-order valence-corrected chi connectivity index (χ3v) is 3.29.